The number of fused-ring (bicyclic) bond motifs is 1. The van der Waals surface area contributed by atoms with Crippen molar-refractivity contribution in [2.75, 3.05) is 25.4 Å². The van der Waals surface area contributed by atoms with Gasteiger partial charge >= 0.3 is 6.03 Å². The Morgan fingerprint density at radius 1 is 1.28 bits per heavy atom. The highest BCUT2D eigenvalue weighted by atomic mass is 32.2. The van der Waals surface area contributed by atoms with Gasteiger partial charge < -0.3 is 15.5 Å². The van der Waals surface area contributed by atoms with Crippen LogP contribution in [0.1, 0.15) is 31.4 Å². The number of rotatable bonds is 3. The van der Waals surface area contributed by atoms with Crippen molar-refractivity contribution in [2.24, 2.45) is 5.92 Å². The van der Waals surface area contributed by atoms with Crippen molar-refractivity contribution in [3.8, 4) is 0 Å². The summed E-state index contributed by atoms with van der Waals surface area (Å²) in [6.07, 6.45) is 1.90. The number of nitrogens with one attached hydrogen (secondary N) is 2. The molecule has 0 aromatic heterocycles. The summed E-state index contributed by atoms with van der Waals surface area (Å²) in [5.41, 5.74) is 0.637. The molecule has 2 aliphatic rings. The van der Waals surface area contributed by atoms with E-state index >= 15 is 0 Å². The number of amides is 3. The van der Waals surface area contributed by atoms with E-state index in [1.54, 1.807) is 36.1 Å². The molecule has 8 heteroatoms. The molecule has 7 nitrogen and oxygen atoms in total. The van der Waals surface area contributed by atoms with Gasteiger partial charge in [0.05, 0.1) is 16.7 Å². The van der Waals surface area contributed by atoms with Crippen molar-refractivity contribution in [1.29, 1.82) is 0 Å². The van der Waals surface area contributed by atoms with Gasteiger partial charge in [-0.2, -0.15) is 0 Å². The molecule has 3 rings (SSSR count). The molecule has 0 bridgehead atoms. The number of sulfone groups is 1. The van der Waals surface area contributed by atoms with E-state index in [0.29, 0.717) is 23.5 Å². The molecule has 1 saturated heterocycles. The van der Waals surface area contributed by atoms with Crippen molar-refractivity contribution in [3.63, 3.8) is 0 Å². The molecular formula is C17H23N3O4S. The van der Waals surface area contributed by atoms with Gasteiger partial charge in [0.1, 0.15) is 0 Å². The molecule has 3 amide bonds. The van der Waals surface area contributed by atoms with Gasteiger partial charge in [0.15, 0.2) is 9.84 Å². The normalized spacial score (nSPS) is 24.4. The predicted molar refractivity (Wildman–Crippen MR) is 92.7 cm³/mol. The maximum atomic E-state index is 12.2. The zero-order chi connectivity index (χ0) is 18.0. The Morgan fingerprint density at radius 2 is 2.04 bits per heavy atom. The van der Waals surface area contributed by atoms with Crippen molar-refractivity contribution in [2.45, 2.75) is 30.7 Å². The first-order chi connectivity index (χ1) is 11.9. The average Bonchev–Trinajstić information content (AvgIpc) is 2.84. The number of urea groups is 1. The summed E-state index contributed by atoms with van der Waals surface area (Å²) in [6, 6.07) is 5.85. The Morgan fingerprint density at radius 3 is 2.80 bits per heavy atom. The second-order valence-corrected chi connectivity index (χ2v) is 8.70. The van der Waals surface area contributed by atoms with Crippen molar-refractivity contribution in [1.82, 2.24) is 15.5 Å². The molecule has 1 aromatic rings. The van der Waals surface area contributed by atoms with Gasteiger partial charge in [-0.05, 0) is 30.4 Å². The molecular weight excluding hydrogens is 342 g/mol. The quantitative estimate of drug-likeness (QED) is 0.838. The van der Waals surface area contributed by atoms with Crippen LogP contribution in [-0.4, -0.2) is 50.6 Å². The van der Waals surface area contributed by atoms with Gasteiger partial charge in [-0.15, -0.1) is 0 Å². The number of nitrogens with zero attached hydrogens (tertiary/aromatic N) is 1. The highest BCUT2D eigenvalue weighted by Crippen LogP contribution is 2.32. The Hall–Kier alpha value is -2.09. The molecule has 2 heterocycles. The predicted octanol–water partition coefficient (Wildman–Crippen LogP) is 1.07. The van der Waals surface area contributed by atoms with Crippen LogP contribution in [0.4, 0.5) is 4.79 Å². The van der Waals surface area contributed by atoms with Crippen molar-refractivity contribution < 1.29 is 18.0 Å². The van der Waals surface area contributed by atoms with E-state index in [1.807, 2.05) is 0 Å². The lowest BCUT2D eigenvalue weighted by Gasteiger charge is -2.32. The van der Waals surface area contributed by atoms with Gasteiger partial charge in [-0.25, -0.2) is 13.2 Å². The first-order valence-electron chi connectivity index (χ1n) is 8.48. The van der Waals surface area contributed by atoms with E-state index in [1.165, 1.54) is 0 Å². The van der Waals surface area contributed by atoms with Crippen LogP contribution in [-0.2, 0) is 14.6 Å². The standard InChI is InChI=1S/C17H23N3O4S/c1-12(21)20-8-4-5-13(10-20)9-18-17(22)19-15-11-25(23,24)16-7-3-2-6-14(15)16/h2-3,6-7,13,15H,4-5,8-11H2,1H3,(H2,18,19,22). The summed E-state index contributed by atoms with van der Waals surface area (Å²) >= 11 is 0. The zero-order valence-electron chi connectivity index (χ0n) is 14.2. The molecule has 0 aliphatic carbocycles. The molecule has 136 valence electrons. The number of carbonyl (C=O) groups excluding carboxylic acids is 2. The van der Waals surface area contributed by atoms with E-state index in [4.69, 9.17) is 0 Å². The van der Waals surface area contributed by atoms with Crippen LogP contribution in [0.2, 0.25) is 0 Å². The topological polar surface area (TPSA) is 95.6 Å². The molecule has 1 fully saturated rings. The SMILES string of the molecule is CC(=O)N1CCCC(CNC(=O)NC2CS(=O)(=O)c3ccccc32)C1. The van der Waals surface area contributed by atoms with Gasteiger partial charge in [0.2, 0.25) is 5.91 Å². The van der Waals surface area contributed by atoms with E-state index in [0.717, 1.165) is 19.4 Å². The third kappa shape index (κ3) is 3.95. The van der Waals surface area contributed by atoms with Crippen LogP contribution < -0.4 is 10.6 Å². The Bertz CT molecular complexity index is 778. The minimum atomic E-state index is -3.34. The largest absolute Gasteiger partial charge is 0.343 e. The third-order valence-electron chi connectivity index (χ3n) is 4.84. The minimum absolute atomic E-state index is 0.0573. The lowest BCUT2D eigenvalue weighted by atomic mass is 9.98. The Kier molecular flexibility index (Phi) is 4.99. The minimum Gasteiger partial charge on any atom is -0.343 e. The van der Waals surface area contributed by atoms with Crippen molar-refractivity contribution >= 4 is 21.8 Å². The number of hydrogen-bond donors (Lipinski definition) is 2. The average molecular weight is 365 g/mol. The summed E-state index contributed by atoms with van der Waals surface area (Å²) < 4.78 is 24.3. The van der Waals surface area contributed by atoms with Crippen LogP contribution in [0, 0.1) is 5.92 Å². The van der Waals surface area contributed by atoms with Crippen molar-refractivity contribution in [3.05, 3.63) is 29.8 Å². The monoisotopic (exact) mass is 365 g/mol. The van der Waals surface area contributed by atoms with Crippen LogP contribution in [0.15, 0.2) is 29.2 Å². The molecule has 2 aliphatic heterocycles. The number of benzene rings is 1. The zero-order valence-corrected chi connectivity index (χ0v) is 15.0. The maximum absolute atomic E-state index is 12.2. The second-order valence-electron chi connectivity index (χ2n) is 6.70. The van der Waals surface area contributed by atoms with Gasteiger partial charge in [-0.3, -0.25) is 4.79 Å². The van der Waals surface area contributed by atoms with Crippen LogP contribution >= 0.6 is 0 Å². The molecule has 0 radical (unpaired) electrons. The second kappa shape index (κ2) is 7.03. The lowest BCUT2D eigenvalue weighted by molar-refractivity contribution is -0.130. The fourth-order valence-corrected chi connectivity index (χ4v) is 5.27. The number of piperidine rings is 1. The molecule has 0 saturated carbocycles. The fraction of sp³-hybridized carbons (Fsp3) is 0.529. The van der Waals surface area contributed by atoms with Gasteiger partial charge in [0, 0.05) is 26.6 Å². The number of likely N-dealkylation sites (tertiary alicyclic amines) is 1. The molecule has 2 atom stereocenters. The summed E-state index contributed by atoms with van der Waals surface area (Å²) in [5.74, 6) is 0.173. The lowest BCUT2D eigenvalue weighted by Crippen LogP contribution is -2.45. The molecule has 1 aromatic carbocycles. The summed E-state index contributed by atoms with van der Waals surface area (Å²) in [6.45, 7) is 3.45. The molecule has 2 unspecified atom stereocenters. The summed E-state index contributed by atoms with van der Waals surface area (Å²) in [7, 11) is -3.34. The smallest absolute Gasteiger partial charge is 0.315 e. The van der Waals surface area contributed by atoms with E-state index in [2.05, 4.69) is 10.6 Å². The van der Waals surface area contributed by atoms with Crippen LogP contribution in [0.5, 0.6) is 0 Å². The summed E-state index contributed by atoms with van der Waals surface area (Å²) in [5, 5.41) is 5.57. The van der Waals surface area contributed by atoms with E-state index < -0.39 is 15.9 Å². The van der Waals surface area contributed by atoms with Gasteiger partial charge in [0.25, 0.3) is 0 Å². The van der Waals surface area contributed by atoms with Gasteiger partial charge in [-0.1, -0.05) is 18.2 Å². The van der Waals surface area contributed by atoms with E-state index in [9.17, 15) is 18.0 Å². The molecule has 0 spiro atoms. The fourth-order valence-electron chi connectivity index (χ4n) is 3.53. The Balaban J connectivity index is 1.55. The third-order valence-corrected chi connectivity index (χ3v) is 6.65. The first-order valence-corrected chi connectivity index (χ1v) is 10.1. The molecule has 25 heavy (non-hydrogen) atoms. The Labute approximate surface area is 147 Å². The van der Waals surface area contributed by atoms with Crippen LogP contribution in [0.25, 0.3) is 0 Å². The highest BCUT2D eigenvalue weighted by Gasteiger charge is 2.35. The number of carbonyl (C=O) groups is 2. The highest BCUT2D eigenvalue weighted by molar-refractivity contribution is 7.91. The maximum Gasteiger partial charge on any atom is 0.315 e. The first kappa shape index (κ1) is 17.7. The van der Waals surface area contributed by atoms with Crippen LogP contribution in [0.3, 0.4) is 0 Å². The summed E-state index contributed by atoms with van der Waals surface area (Å²) in [4.78, 5) is 25.7. The van der Waals surface area contributed by atoms with E-state index in [-0.39, 0.29) is 23.6 Å². The molecule has 2 N–H and O–H groups in total. The number of hydrogen-bond acceptors (Lipinski definition) is 4.